The average Bonchev–Trinajstić information content (AvgIpc) is 2.84. The number of carbonyl (C=O) groups excluding carboxylic acids is 1. The number of hydrogen-bond acceptors (Lipinski definition) is 4. The Kier molecular flexibility index (Phi) is 9.88. The predicted molar refractivity (Wildman–Crippen MR) is 152 cm³/mol. The standard InChI is InChI=1S/C31H32O3SSi/c1-24-22-28(9-6-26-12-15-30(16-13-26)35-20-19-33-25(2)32)14-17-31(24)34-23-29-10-7-27(8-11-29)18-21-36(3,4)5/h7-8,10-17,22H,19-20,23H2,1-5H3. The molecule has 3 rings (SSSR count). The van der Waals surface area contributed by atoms with E-state index in [2.05, 4.69) is 73.3 Å². The quantitative estimate of drug-likeness (QED) is 0.114. The van der Waals surface area contributed by atoms with Gasteiger partial charge in [-0.15, -0.1) is 17.3 Å². The van der Waals surface area contributed by atoms with Gasteiger partial charge in [-0.2, -0.15) is 0 Å². The van der Waals surface area contributed by atoms with Crippen LogP contribution in [-0.4, -0.2) is 26.4 Å². The maximum Gasteiger partial charge on any atom is 0.302 e. The molecule has 0 amide bonds. The predicted octanol–water partition coefficient (Wildman–Crippen LogP) is 6.86. The van der Waals surface area contributed by atoms with E-state index in [0.717, 1.165) is 44.2 Å². The summed E-state index contributed by atoms with van der Waals surface area (Å²) in [7, 11) is -1.37. The summed E-state index contributed by atoms with van der Waals surface area (Å²) in [5.41, 5.74) is 8.52. The van der Waals surface area contributed by atoms with Gasteiger partial charge in [-0.1, -0.05) is 49.5 Å². The van der Waals surface area contributed by atoms with Crippen LogP contribution >= 0.6 is 11.8 Å². The molecule has 36 heavy (non-hydrogen) atoms. The maximum atomic E-state index is 10.8. The van der Waals surface area contributed by atoms with Crippen LogP contribution in [0.1, 0.15) is 34.7 Å². The third-order valence-corrected chi connectivity index (χ3v) is 6.82. The van der Waals surface area contributed by atoms with Gasteiger partial charge in [0.15, 0.2) is 0 Å². The van der Waals surface area contributed by atoms with Crippen molar-refractivity contribution in [2.75, 3.05) is 12.4 Å². The molecule has 0 fully saturated rings. The van der Waals surface area contributed by atoms with Crippen LogP contribution in [0.3, 0.4) is 0 Å². The molecule has 0 N–H and O–H groups in total. The van der Waals surface area contributed by atoms with Crippen LogP contribution in [0.15, 0.2) is 71.6 Å². The van der Waals surface area contributed by atoms with Gasteiger partial charge < -0.3 is 9.47 Å². The highest BCUT2D eigenvalue weighted by Gasteiger charge is 2.07. The summed E-state index contributed by atoms with van der Waals surface area (Å²) in [5, 5.41) is 0. The second-order valence-electron chi connectivity index (χ2n) is 9.43. The Morgan fingerprint density at radius 3 is 2.11 bits per heavy atom. The van der Waals surface area contributed by atoms with Crippen molar-refractivity contribution < 1.29 is 14.3 Å². The van der Waals surface area contributed by atoms with Crippen molar-refractivity contribution in [3.8, 4) is 29.1 Å². The van der Waals surface area contributed by atoms with Crippen LogP contribution < -0.4 is 4.74 Å². The molecule has 3 aromatic rings. The summed E-state index contributed by atoms with van der Waals surface area (Å²) in [6.45, 7) is 11.1. The van der Waals surface area contributed by atoms with Crippen LogP contribution in [0.4, 0.5) is 0 Å². The summed E-state index contributed by atoms with van der Waals surface area (Å²) in [5.74, 6) is 11.1. The molecule has 5 heteroatoms. The summed E-state index contributed by atoms with van der Waals surface area (Å²) < 4.78 is 11.0. The molecule has 184 valence electrons. The second kappa shape index (κ2) is 13.1. The van der Waals surface area contributed by atoms with Crippen LogP contribution in [0.2, 0.25) is 19.6 Å². The van der Waals surface area contributed by atoms with E-state index in [1.165, 1.54) is 6.92 Å². The third-order valence-electron chi connectivity index (χ3n) is 4.97. The molecule has 0 atom stereocenters. The maximum absolute atomic E-state index is 10.8. The van der Waals surface area contributed by atoms with Crippen molar-refractivity contribution in [3.63, 3.8) is 0 Å². The van der Waals surface area contributed by atoms with Gasteiger partial charge in [0.1, 0.15) is 27.0 Å². The van der Waals surface area contributed by atoms with Gasteiger partial charge in [0.05, 0.1) is 0 Å². The minimum atomic E-state index is -1.37. The van der Waals surface area contributed by atoms with Crippen molar-refractivity contribution in [2.24, 2.45) is 0 Å². The van der Waals surface area contributed by atoms with Gasteiger partial charge in [-0.3, -0.25) is 4.79 Å². The fraction of sp³-hybridized carbons (Fsp3) is 0.258. The van der Waals surface area contributed by atoms with E-state index in [1.54, 1.807) is 11.8 Å². The molecule has 0 aliphatic carbocycles. The molecule has 0 saturated heterocycles. The van der Waals surface area contributed by atoms with Gasteiger partial charge in [0.2, 0.25) is 0 Å². The third kappa shape index (κ3) is 9.70. The Bertz CT molecular complexity index is 1300. The SMILES string of the molecule is CC(=O)OCCSc1ccc(C#Cc2ccc(OCc3ccc(C#C[Si](C)(C)C)cc3)c(C)c2)cc1. The van der Waals surface area contributed by atoms with Crippen LogP contribution in [-0.2, 0) is 16.1 Å². The monoisotopic (exact) mass is 512 g/mol. The van der Waals surface area contributed by atoms with Gasteiger partial charge in [0, 0.05) is 34.3 Å². The lowest BCUT2D eigenvalue weighted by Crippen LogP contribution is -2.16. The topological polar surface area (TPSA) is 35.5 Å². The zero-order valence-corrected chi connectivity index (χ0v) is 23.4. The number of rotatable bonds is 7. The van der Waals surface area contributed by atoms with E-state index >= 15 is 0 Å². The normalized spacial score (nSPS) is 10.5. The Morgan fingerprint density at radius 2 is 1.47 bits per heavy atom. The Morgan fingerprint density at radius 1 is 0.861 bits per heavy atom. The highest BCUT2D eigenvalue weighted by Crippen LogP contribution is 2.21. The highest BCUT2D eigenvalue weighted by atomic mass is 32.2. The second-order valence-corrected chi connectivity index (χ2v) is 15.3. The minimum absolute atomic E-state index is 0.246. The van der Waals surface area contributed by atoms with E-state index in [0.29, 0.717) is 13.2 Å². The molecule has 3 aromatic carbocycles. The number of thioether (sulfide) groups is 1. The van der Waals surface area contributed by atoms with Crippen LogP contribution in [0.25, 0.3) is 0 Å². The Hall–Kier alpha value is -3.38. The lowest BCUT2D eigenvalue weighted by molar-refractivity contribution is -0.140. The molecule has 0 saturated carbocycles. The number of carbonyl (C=O) groups is 1. The first-order chi connectivity index (χ1) is 17.2. The molecular weight excluding hydrogens is 480 g/mol. The van der Waals surface area contributed by atoms with Crippen molar-refractivity contribution in [3.05, 3.63) is 94.5 Å². The number of aryl methyl sites for hydroxylation is 1. The largest absolute Gasteiger partial charge is 0.489 e. The van der Waals surface area contributed by atoms with Gasteiger partial charge in [-0.25, -0.2) is 0 Å². The van der Waals surface area contributed by atoms with E-state index in [9.17, 15) is 4.79 Å². The summed E-state index contributed by atoms with van der Waals surface area (Å²) >= 11 is 1.65. The minimum Gasteiger partial charge on any atom is -0.489 e. The molecule has 0 unspecified atom stereocenters. The summed E-state index contributed by atoms with van der Waals surface area (Å²) in [6.07, 6.45) is 0. The number of esters is 1. The van der Waals surface area contributed by atoms with E-state index in [1.807, 2.05) is 43.3 Å². The molecule has 0 heterocycles. The van der Waals surface area contributed by atoms with Gasteiger partial charge in [0.25, 0.3) is 0 Å². The lowest BCUT2D eigenvalue weighted by Gasteiger charge is -2.10. The van der Waals surface area contributed by atoms with Crippen molar-refractivity contribution in [1.82, 2.24) is 0 Å². The zero-order valence-electron chi connectivity index (χ0n) is 21.6. The first-order valence-electron chi connectivity index (χ1n) is 11.9. The molecule has 0 spiro atoms. The first-order valence-corrected chi connectivity index (χ1v) is 16.4. The smallest absolute Gasteiger partial charge is 0.302 e. The van der Waals surface area contributed by atoms with Crippen molar-refractivity contribution in [2.45, 2.75) is 45.0 Å². The molecule has 0 aromatic heterocycles. The number of benzene rings is 3. The molecule has 0 bridgehead atoms. The molecule has 0 aliphatic rings. The van der Waals surface area contributed by atoms with Crippen LogP contribution in [0.5, 0.6) is 5.75 Å². The molecule has 3 nitrogen and oxygen atoms in total. The average molecular weight is 513 g/mol. The van der Waals surface area contributed by atoms with E-state index < -0.39 is 8.07 Å². The number of hydrogen-bond donors (Lipinski definition) is 0. The fourth-order valence-corrected chi connectivity index (χ4v) is 4.37. The fourth-order valence-electron chi connectivity index (χ4n) is 3.12. The number of ether oxygens (including phenoxy) is 2. The van der Waals surface area contributed by atoms with Crippen LogP contribution in [0, 0.1) is 30.2 Å². The summed E-state index contributed by atoms with van der Waals surface area (Å²) in [6, 6.07) is 22.4. The Labute approximate surface area is 220 Å². The van der Waals surface area contributed by atoms with Crippen molar-refractivity contribution >= 4 is 25.8 Å². The molecular formula is C31H32O3SSi. The van der Waals surface area contributed by atoms with E-state index in [-0.39, 0.29) is 5.97 Å². The van der Waals surface area contributed by atoms with Gasteiger partial charge >= 0.3 is 5.97 Å². The first kappa shape index (κ1) is 27.2. The summed E-state index contributed by atoms with van der Waals surface area (Å²) in [4.78, 5) is 11.9. The highest BCUT2D eigenvalue weighted by molar-refractivity contribution is 7.99. The van der Waals surface area contributed by atoms with Crippen molar-refractivity contribution in [1.29, 1.82) is 0 Å². The van der Waals surface area contributed by atoms with E-state index in [4.69, 9.17) is 9.47 Å². The molecule has 0 aliphatic heterocycles. The van der Waals surface area contributed by atoms with Gasteiger partial charge in [-0.05, 0) is 72.6 Å². The molecule has 0 radical (unpaired) electrons. The zero-order chi connectivity index (χ0) is 26.0. The lowest BCUT2D eigenvalue weighted by atomic mass is 10.1. The Balaban J connectivity index is 1.53.